The van der Waals surface area contributed by atoms with Crippen molar-refractivity contribution in [2.75, 3.05) is 14.2 Å². The lowest BCUT2D eigenvalue weighted by Crippen LogP contribution is -2.24. The Morgan fingerprint density at radius 1 is 0.792 bits per heavy atom. The van der Waals surface area contributed by atoms with Gasteiger partial charge in [0.2, 0.25) is 0 Å². The number of imidazole rings is 2. The number of methoxy groups -OCH3 is 2. The molecule has 0 unspecified atom stereocenters. The number of carbonyl (C=O) groups is 3. The van der Waals surface area contributed by atoms with E-state index < -0.39 is 29.2 Å². The lowest BCUT2D eigenvalue weighted by Gasteiger charge is -2.16. The summed E-state index contributed by atoms with van der Waals surface area (Å²) in [5.41, 5.74) is 20.9. The molecule has 0 fully saturated rings. The normalized spacial score (nSPS) is 11.6. The van der Waals surface area contributed by atoms with Crippen molar-refractivity contribution >= 4 is 68.9 Å². The highest BCUT2D eigenvalue weighted by molar-refractivity contribution is 6.31. The van der Waals surface area contributed by atoms with E-state index >= 15 is 4.39 Å². The zero-order valence-electron chi connectivity index (χ0n) is 27.8. The standard InChI is InChI=1S/C34H29Cl2FN10O6/c1-52-27-17(30(39)48)5-7-22-25(27)42-32(16-4-3-14(35)11-19(16)29(38)44-45-41)46(22)9-10-47-23-8-6-18(31(40)49)28(53-2)26(23)43-33(47)24-20(34(50)51)12-15(36)13-21(24)37/h3-8,11-13,45H,9-10,41H2,1-2H3,(H2,38,44)(H2,39,48)(H2,40,49)(H,50,51). The number of benzene rings is 4. The fourth-order valence-corrected chi connectivity index (χ4v) is 6.58. The summed E-state index contributed by atoms with van der Waals surface area (Å²) in [5, 5.41) is 14.2. The quantitative estimate of drug-likeness (QED) is 0.0452. The first-order valence-electron chi connectivity index (χ1n) is 15.4. The highest BCUT2D eigenvalue weighted by atomic mass is 35.5. The summed E-state index contributed by atoms with van der Waals surface area (Å²) in [7, 11) is 2.67. The van der Waals surface area contributed by atoms with Crippen LogP contribution < -0.4 is 38.1 Å². The third-order valence-electron chi connectivity index (χ3n) is 8.43. The number of aromatic carboxylic acids is 1. The zero-order chi connectivity index (χ0) is 38.3. The Hall–Kier alpha value is -6.43. The number of carbonyl (C=O) groups excluding carboxylic acids is 2. The number of aryl methyl sites for hydroxylation is 2. The Labute approximate surface area is 308 Å². The smallest absolute Gasteiger partial charge is 0.336 e. The zero-order valence-corrected chi connectivity index (χ0v) is 29.3. The number of hydrogen-bond acceptors (Lipinski definition) is 10. The number of nitrogens with one attached hydrogen (secondary N) is 1. The van der Waals surface area contributed by atoms with Crippen LogP contribution in [0.2, 0.25) is 10.0 Å². The van der Waals surface area contributed by atoms with Gasteiger partial charge in [0, 0.05) is 34.3 Å². The molecule has 0 aliphatic rings. The third-order valence-corrected chi connectivity index (χ3v) is 8.88. The molecule has 4 aromatic carbocycles. The minimum Gasteiger partial charge on any atom is -0.494 e. The second kappa shape index (κ2) is 14.3. The molecule has 0 saturated heterocycles. The fourth-order valence-electron chi connectivity index (χ4n) is 6.21. The molecular weight excluding hydrogens is 734 g/mol. The van der Waals surface area contributed by atoms with Gasteiger partial charge in [0.15, 0.2) is 17.3 Å². The van der Waals surface area contributed by atoms with E-state index in [9.17, 15) is 19.5 Å². The van der Waals surface area contributed by atoms with Crippen molar-refractivity contribution in [2.24, 2.45) is 28.1 Å². The molecule has 0 saturated carbocycles. The number of hydrogen-bond donors (Lipinski definition) is 6. The van der Waals surface area contributed by atoms with Gasteiger partial charge >= 0.3 is 5.97 Å². The van der Waals surface area contributed by atoms with Gasteiger partial charge in [-0.15, -0.1) is 5.10 Å². The second-order valence-electron chi connectivity index (χ2n) is 11.4. The Morgan fingerprint density at radius 3 is 1.83 bits per heavy atom. The largest absolute Gasteiger partial charge is 0.494 e. The summed E-state index contributed by atoms with van der Waals surface area (Å²) in [5.74, 6) is 1.66. The van der Waals surface area contributed by atoms with Gasteiger partial charge in [0.05, 0.1) is 47.5 Å². The fraction of sp³-hybridized carbons (Fsp3) is 0.118. The monoisotopic (exact) mass is 762 g/mol. The van der Waals surface area contributed by atoms with E-state index in [4.69, 9.17) is 60.7 Å². The number of primary amides is 2. The van der Waals surface area contributed by atoms with Crippen molar-refractivity contribution in [1.29, 1.82) is 0 Å². The molecule has 19 heteroatoms. The van der Waals surface area contributed by atoms with Crippen LogP contribution in [0.1, 0.15) is 36.6 Å². The molecule has 10 N–H and O–H groups in total. The molecule has 0 spiro atoms. The molecule has 6 rings (SSSR count). The molecule has 0 aliphatic carbocycles. The molecule has 6 aromatic rings. The number of nitrogens with two attached hydrogens (primary N) is 4. The van der Waals surface area contributed by atoms with Gasteiger partial charge in [0.1, 0.15) is 28.5 Å². The Bertz CT molecular complexity index is 2530. The van der Waals surface area contributed by atoms with Gasteiger partial charge in [-0.1, -0.05) is 23.2 Å². The summed E-state index contributed by atoms with van der Waals surface area (Å²) in [6.07, 6.45) is 0. The number of amidine groups is 1. The van der Waals surface area contributed by atoms with Crippen molar-refractivity contribution in [3.05, 3.63) is 92.7 Å². The molecule has 16 nitrogen and oxygen atoms in total. The Morgan fingerprint density at radius 2 is 1.32 bits per heavy atom. The predicted octanol–water partition coefficient (Wildman–Crippen LogP) is 3.86. The predicted molar refractivity (Wildman–Crippen MR) is 195 cm³/mol. The van der Waals surface area contributed by atoms with E-state index in [2.05, 4.69) is 15.6 Å². The average molecular weight is 764 g/mol. The maximum atomic E-state index is 15.8. The number of nitrogens with zero attached hydrogens (tertiary/aromatic N) is 5. The molecule has 2 heterocycles. The van der Waals surface area contributed by atoms with Crippen molar-refractivity contribution < 1.29 is 33.4 Å². The highest BCUT2D eigenvalue weighted by Crippen LogP contribution is 2.38. The maximum absolute atomic E-state index is 15.8. The first-order chi connectivity index (χ1) is 25.3. The number of ether oxygens (including phenoxy) is 2. The molecule has 2 aromatic heterocycles. The number of rotatable bonds is 12. The Kier molecular flexibility index (Phi) is 9.81. The van der Waals surface area contributed by atoms with Crippen LogP contribution in [-0.2, 0) is 13.1 Å². The van der Waals surface area contributed by atoms with E-state index in [1.54, 1.807) is 33.4 Å². The van der Waals surface area contributed by atoms with Crippen LogP contribution in [0.15, 0.2) is 59.7 Å². The second-order valence-corrected chi connectivity index (χ2v) is 12.2. The van der Waals surface area contributed by atoms with Crippen LogP contribution >= 0.6 is 23.2 Å². The topological polar surface area (TPSA) is 254 Å². The van der Waals surface area contributed by atoms with Crippen LogP contribution in [0.25, 0.3) is 44.8 Å². The van der Waals surface area contributed by atoms with Gasteiger partial charge in [-0.2, -0.15) is 0 Å². The van der Waals surface area contributed by atoms with Crippen molar-refractivity contribution in [1.82, 2.24) is 24.6 Å². The van der Waals surface area contributed by atoms with E-state index in [0.29, 0.717) is 33.0 Å². The SMILES string of the molecule is COc1c(C(N)=O)ccc2c1nc(-c1ccc(Cl)cc1/C(N)=N/NN)n2CCn1c(-c2c(F)cc(Cl)cc2C(=O)O)nc2c(OC)c(C(N)=O)ccc21. The third kappa shape index (κ3) is 6.37. The van der Waals surface area contributed by atoms with Crippen LogP contribution in [0, 0.1) is 5.82 Å². The van der Waals surface area contributed by atoms with Crippen molar-refractivity contribution in [2.45, 2.75) is 13.1 Å². The van der Waals surface area contributed by atoms with Crippen LogP contribution in [0.3, 0.4) is 0 Å². The molecule has 2 amide bonds. The molecule has 0 aliphatic heterocycles. The molecule has 0 radical (unpaired) electrons. The number of carboxylic acids is 1. The van der Waals surface area contributed by atoms with Crippen molar-refractivity contribution in [3.8, 4) is 34.3 Å². The van der Waals surface area contributed by atoms with E-state index in [-0.39, 0.29) is 69.0 Å². The van der Waals surface area contributed by atoms with Gasteiger partial charge in [-0.25, -0.2) is 30.5 Å². The number of halogens is 3. The van der Waals surface area contributed by atoms with Gasteiger partial charge in [-0.05, 0) is 54.6 Å². The summed E-state index contributed by atoms with van der Waals surface area (Å²) < 4.78 is 30.3. The van der Waals surface area contributed by atoms with Crippen LogP contribution in [-0.4, -0.2) is 62.0 Å². The van der Waals surface area contributed by atoms with E-state index in [1.165, 1.54) is 32.4 Å². The number of carboxylic acid groups (broad SMARTS) is 1. The lowest BCUT2D eigenvalue weighted by molar-refractivity contribution is 0.0696. The van der Waals surface area contributed by atoms with Gasteiger partial charge in [0.25, 0.3) is 11.8 Å². The number of aromatic nitrogens is 4. The summed E-state index contributed by atoms with van der Waals surface area (Å²) in [6.45, 7) is 0.0103. The van der Waals surface area contributed by atoms with E-state index in [0.717, 1.165) is 12.1 Å². The molecule has 0 atom stereocenters. The van der Waals surface area contributed by atoms with Crippen LogP contribution in [0.4, 0.5) is 4.39 Å². The van der Waals surface area contributed by atoms with Gasteiger partial charge < -0.3 is 40.9 Å². The molecular formula is C34H29Cl2FN10O6. The number of hydrazone groups is 1. The first kappa shape index (κ1) is 36.4. The number of fused-ring (bicyclic) bond motifs is 2. The van der Waals surface area contributed by atoms with E-state index in [1.807, 2.05) is 0 Å². The number of hydrazine groups is 1. The Balaban J connectivity index is 1.65. The minimum absolute atomic E-state index is 0.00651. The molecule has 0 bridgehead atoms. The first-order valence-corrected chi connectivity index (χ1v) is 16.1. The molecule has 53 heavy (non-hydrogen) atoms. The average Bonchev–Trinajstić information content (AvgIpc) is 3.67. The lowest BCUT2D eigenvalue weighted by atomic mass is 10.1. The number of amides is 2. The minimum atomic E-state index is -1.47. The van der Waals surface area contributed by atoms with Crippen molar-refractivity contribution in [3.63, 3.8) is 0 Å². The van der Waals surface area contributed by atoms with Crippen LogP contribution in [0.5, 0.6) is 11.5 Å². The maximum Gasteiger partial charge on any atom is 0.336 e. The highest BCUT2D eigenvalue weighted by Gasteiger charge is 2.28. The summed E-state index contributed by atoms with van der Waals surface area (Å²) >= 11 is 12.4. The summed E-state index contributed by atoms with van der Waals surface area (Å²) in [6, 6.07) is 13.0. The summed E-state index contributed by atoms with van der Waals surface area (Å²) in [4.78, 5) is 46.6. The molecule has 272 valence electrons. The van der Waals surface area contributed by atoms with Gasteiger partial charge in [-0.3, -0.25) is 9.59 Å².